The van der Waals surface area contributed by atoms with E-state index >= 15 is 0 Å². The van der Waals surface area contributed by atoms with Crippen LogP contribution in [0, 0.1) is 0 Å². The highest BCUT2D eigenvalue weighted by molar-refractivity contribution is 6.05. The van der Waals surface area contributed by atoms with E-state index in [1.165, 1.54) is 6.26 Å². The predicted molar refractivity (Wildman–Crippen MR) is 121 cm³/mol. The molecule has 0 spiro atoms. The Balaban J connectivity index is 1.18. The summed E-state index contributed by atoms with van der Waals surface area (Å²) in [5, 5.41) is 7.42. The van der Waals surface area contributed by atoms with Crippen molar-refractivity contribution < 1.29 is 23.2 Å². The number of carbonyl (C=O) groups is 2. The number of hydrogen-bond donors (Lipinski definition) is 2. The van der Waals surface area contributed by atoms with Gasteiger partial charge in [0.05, 0.1) is 6.26 Å². The van der Waals surface area contributed by atoms with Crippen LogP contribution >= 0.6 is 0 Å². The first-order valence-corrected chi connectivity index (χ1v) is 9.94. The van der Waals surface area contributed by atoms with Crippen LogP contribution < -0.4 is 15.4 Å². The highest BCUT2D eigenvalue weighted by atomic mass is 16.5. The Kier molecular flexibility index (Phi) is 5.05. The Morgan fingerprint density at radius 1 is 0.781 bits per heavy atom. The number of amides is 2. The van der Waals surface area contributed by atoms with Crippen LogP contribution in [0.2, 0.25) is 0 Å². The van der Waals surface area contributed by atoms with E-state index in [1.807, 2.05) is 36.4 Å². The van der Waals surface area contributed by atoms with Gasteiger partial charge in [-0.15, -0.1) is 0 Å². The number of carbonyl (C=O) groups excluding carboxylic acids is 2. The summed E-state index contributed by atoms with van der Waals surface area (Å²) in [7, 11) is 0. The zero-order valence-corrected chi connectivity index (χ0v) is 16.8. The second-order valence-corrected chi connectivity index (χ2v) is 7.10. The van der Waals surface area contributed by atoms with Crippen LogP contribution in [0.25, 0.3) is 21.9 Å². The van der Waals surface area contributed by atoms with Crippen molar-refractivity contribution in [2.75, 3.05) is 17.2 Å². The summed E-state index contributed by atoms with van der Waals surface area (Å²) in [5.74, 6) is 0.161. The Hall–Kier alpha value is -4.52. The zero-order valence-electron chi connectivity index (χ0n) is 16.8. The second kappa shape index (κ2) is 8.31. The molecule has 0 fully saturated rings. The fourth-order valence-electron chi connectivity index (χ4n) is 3.38. The molecular formula is C25H18N2O5. The van der Waals surface area contributed by atoms with Gasteiger partial charge in [-0.25, -0.2) is 0 Å². The van der Waals surface area contributed by atoms with E-state index in [0.29, 0.717) is 17.1 Å². The number of furan rings is 2. The standard InChI is InChI=1S/C25H18N2O5/c28-24(26-16-7-9-17(10-8-16)27-25(29)23-6-3-13-30-23)15-31-18-11-12-22-20(14-18)19-4-1-2-5-21(19)32-22/h1-14H,15H2,(H,26,28)(H,27,29). The molecule has 2 aromatic heterocycles. The van der Waals surface area contributed by atoms with E-state index in [9.17, 15) is 9.59 Å². The van der Waals surface area contributed by atoms with Crippen molar-refractivity contribution >= 4 is 45.1 Å². The van der Waals surface area contributed by atoms with Crippen LogP contribution in [-0.4, -0.2) is 18.4 Å². The lowest BCUT2D eigenvalue weighted by Crippen LogP contribution is -2.20. The Morgan fingerprint density at radius 3 is 2.31 bits per heavy atom. The van der Waals surface area contributed by atoms with Gasteiger partial charge in [-0.3, -0.25) is 9.59 Å². The molecule has 5 aromatic rings. The third kappa shape index (κ3) is 4.04. The maximum atomic E-state index is 12.3. The molecule has 2 heterocycles. The van der Waals surface area contributed by atoms with Crippen molar-refractivity contribution in [1.82, 2.24) is 0 Å². The lowest BCUT2D eigenvalue weighted by Gasteiger charge is -2.09. The summed E-state index contributed by atoms with van der Waals surface area (Å²) in [6.45, 7) is -0.141. The van der Waals surface area contributed by atoms with Crippen LogP contribution in [0.3, 0.4) is 0 Å². The molecule has 2 N–H and O–H groups in total. The molecule has 2 amide bonds. The quantitative estimate of drug-likeness (QED) is 0.377. The number of para-hydroxylation sites is 1. The van der Waals surface area contributed by atoms with Gasteiger partial charge in [0.2, 0.25) is 0 Å². The summed E-state index contributed by atoms with van der Waals surface area (Å²) in [6, 6.07) is 23.2. The van der Waals surface area contributed by atoms with Crippen molar-refractivity contribution in [2.24, 2.45) is 0 Å². The largest absolute Gasteiger partial charge is 0.484 e. The monoisotopic (exact) mass is 426 g/mol. The molecule has 5 rings (SSSR count). The van der Waals surface area contributed by atoms with Crippen LogP contribution in [0.4, 0.5) is 11.4 Å². The highest BCUT2D eigenvalue weighted by Crippen LogP contribution is 2.31. The average molecular weight is 426 g/mol. The van der Waals surface area contributed by atoms with Crippen LogP contribution in [0.5, 0.6) is 5.75 Å². The fraction of sp³-hybridized carbons (Fsp3) is 0.0400. The molecule has 0 atom stereocenters. The molecule has 0 aliphatic rings. The highest BCUT2D eigenvalue weighted by Gasteiger charge is 2.10. The Labute approximate surface area is 182 Å². The lowest BCUT2D eigenvalue weighted by atomic mass is 10.1. The first-order valence-electron chi connectivity index (χ1n) is 9.94. The topological polar surface area (TPSA) is 93.7 Å². The van der Waals surface area contributed by atoms with Gasteiger partial charge < -0.3 is 24.2 Å². The van der Waals surface area contributed by atoms with Crippen molar-refractivity contribution in [1.29, 1.82) is 0 Å². The number of ether oxygens (including phenoxy) is 1. The van der Waals surface area contributed by atoms with Gasteiger partial charge in [-0.05, 0) is 60.7 Å². The number of hydrogen-bond acceptors (Lipinski definition) is 5. The maximum absolute atomic E-state index is 12.3. The normalized spacial score (nSPS) is 10.9. The minimum atomic E-state index is -0.345. The molecule has 7 nitrogen and oxygen atoms in total. The molecule has 3 aromatic carbocycles. The number of benzene rings is 3. The molecule has 0 aliphatic heterocycles. The van der Waals surface area contributed by atoms with Crippen LogP contribution in [0.1, 0.15) is 10.6 Å². The summed E-state index contributed by atoms with van der Waals surface area (Å²) in [5.41, 5.74) is 2.75. The number of fused-ring (bicyclic) bond motifs is 3. The second-order valence-electron chi connectivity index (χ2n) is 7.10. The Bertz CT molecular complexity index is 1400. The smallest absolute Gasteiger partial charge is 0.291 e. The van der Waals surface area contributed by atoms with E-state index in [1.54, 1.807) is 42.5 Å². The molecule has 158 valence electrons. The fourth-order valence-corrected chi connectivity index (χ4v) is 3.38. The molecule has 0 unspecified atom stereocenters. The minimum absolute atomic E-state index is 0.141. The molecule has 7 heteroatoms. The van der Waals surface area contributed by atoms with Crippen molar-refractivity contribution in [3.8, 4) is 5.75 Å². The lowest BCUT2D eigenvalue weighted by molar-refractivity contribution is -0.118. The van der Waals surface area contributed by atoms with Gasteiger partial charge in [0.15, 0.2) is 12.4 Å². The number of rotatable bonds is 6. The van der Waals surface area contributed by atoms with Gasteiger partial charge in [0.25, 0.3) is 11.8 Å². The first-order chi connectivity index (χ1) is 15.7. The summed E-state index contributed by atoms with van der Waals surface area (Å²) in [6.07, 6.45) is 1.44. The van der Waals surface area contributed by atoms with E-state index in [4.69, 9.17) is 13.6 Å². The third-order valence-corrected chi connectivity index (χ3v) is 4.89. The van der Waals surface area contributed by atoms with Crippen LogP contribution in [0.15, 0.2) is 94.0 Å². The molecule has 0 radical (unpaired) electrons. The van der Waals surface area contributed by atoms with Crippen molar-refractivity contribution in [2.45, 2.75) is 0 Å². The van der Waals surface area contributed by atoms with E-state index in [2.05, 4.69) is 10.6 Å². The number of anilines is 2. The summed E-state index contributed by atoms with van der Waals surface area (Å²) in [4.78, 5) is 24.3. The molecule has 0 aliphatic carbocycles. The minimum Gasteiger partial charge on any atom is -0.484 e. The van der Waals surface area contributed by atoms with Crippen LogP contribution in [-0.2, 0) is 4.79 Å². The summed E-state index contributed by atoms with van der Waals surface area (Å²) >= 11 is 0. The number of nitrogens with one attached hydrogen (secondary N) is 2. The molecule has 0 bridgehead atoms. The third-order valence-electron chi connectivity index (χ3n) is 4.89. The molecule has 0 saturated heterocycles. The molecular weight excluding hydrogens is 408 g/mol. The average Bonchev–Trinajstić information content (AvgIpc) is 3.47. The molecule has 0 saturated carbocycles. The SMILES string of the molecule is O=C(COc1ccc2oc3ccccc3c2c1)Nc1ccc(NC(=O)c2ccco2)cc1. The van der Waals surface area contributed by atoms with Crippen molar-refractivity contribution in [3.05, 3.63) is 90.9 Å². The Morgan fingerprint density at radius 2 is 1.53 bits per heavy atom. The van der Waals surface area contributed by atoms with E-state index in [-0.39, 0.29) is 24.2 Å². The zero-order chi connectivity index (χ0) is 21.9. The molecule has 32 heavy (non-hydrogen) atoms. The van der Waals surface area contributed by atoms with Gasteiger partial charge >= 0.3 is 0 Å². The summed E-state index contributed by atoms with van der Waals surface area (Å²) < 4.78 is 16.5. The first kappa shape index (κ1) is 19.4. The van der Waals surface area contributed by atoms with Gasteiger partial charge in [0, 0.05) is 22.1 Å². The van der Waals surface area contributed by atoms with Gasteiger partial charge in [0.1, 0.15) is 16.9 Å². The van der Waals surface area contributed by atoms with E-state index in [0.717, 1.165) is 21.9 Å². The van der Waals surface area contributed by atoms with E-state index < -0.39 is 0 Å². The van der Waals surface area contributed by atoms with Crippen molar-refractivity contribution in [3.63, 3.8) is 0 Å². The van der Waals surface area contributed by atoms with Gasteiger partial charge in [-0.1, -0.05) is 18.2 Å². The maximum Gasteiger partial charge on any atom is 0.291 e. The van der Waals surface area contributed by atoms with Gasteiger partial charge in [-0.2, -0.15) is 0 Å². The predicted octanol–water partition coefficient (Wildman–Crippen LogP) is 5.45.